The Kier molecular flexibility index (Phi) is 3.36. The van der Waals surface area contributed by atoms with E-state index in [1.807, 2.05) is 17.0 Å². The van der Waals surface area contributed by atoms with Crippen molar-refractivity contribution in [2.45, 2.75) is 19.4 Å². The summed E-state index contributed by atoms with van der Waals surface area (Å²) in [5.74, 6) is 0.475. The van der Waals surface area contributed by atoms with Gasteiger partial charge in [0.1, 0.15) is 0 Å². The number of likely N-dealkylation sites (tertiary alicyclic amines) is 1. The van der Waals surface area contributed by atoms with Crippen LogP contribution in [-0.2, 0) is 0 Å². The Balaban J connectivity index is 1.88. The molecule has 5 heteroatoms. The van der Waals surface area contributed by atoms with Gasteiger partial charge in [0.2, 0.25) is 0 Å². The molecule has 0 aliphatic carbocycles. The molecule has 104 valence electrons. The summed E-state index contributed by atoms with van der Waals surface area (Å²) >= 11 is 0. The molecule has 1 amide bonds. The van der Waals surface area contributed by atoms with E-state index in [2.05, 4.69) is 16.9 Å². The number of nitrogens with zero attached hydrogens (tertiary/aromatic N) is 3. The Morgan fingerprint density at radius 3 is 2.75 bits per heavy atom. The lowest BCUT2D eigenvalue weighted by molar-refractivity contribution is 0.0661. The second kappa shape index (κ2) is 5.17. The minimum absolute atomic E-state index is 0.0274. The van der Waals surface area contributed by atoms with Crippen molar-refractivity contribution in [3.63, 3.8) is 0 Å². The summed E-state index contributed by atoms with van der Waals surface area (Å²) in [6.45, 7) is 3.53. The van der Waals surface area contributed by atoms with Crippen molar-refractivity contribution in [2.24, 2.45) is 11.7 Å². The van der Waals surface area contributed by atoms with Crippen LogP contribution in [-0.4, -0.2) is 39.9 Å². The quantitative estimate of drug-likeness (QED) is 0.851. The molecule has 20 heavy (non-hydrogen) atoms. The number of nitrogens with two attached hydrogens (primary N) is 1. The smallest absolute Gasteiger partial charge is 0.253 e. The van der Waals surface area contributed by atoms with Crippen molar-refractivity contribution in [3.05, 3.63) is 36.2 Å². The van der Waals surface area contributed by atoms with Gasteiger partial charge in [0.25, 0.3) is 5.91 Å². The number of carbonyl (C=O) groups is 1. The van der Waals surface area contributed by atoms with Crippen LogP contribution in [0.25, 0.3) is 11.0 Å². The fourth-order valence-corrected chi connectivity index (χ4v) is 2.84. The van der Waals surface area contributed by atoms with Gasteiger partial charge in [-0.15, -0.1) is 0 Å². The molecule has 0 bridgehead atoms. The standard InChI is InChI=1S/C15H18N4O/c1-10-6-12(16)9-19(8-10)15(20)11-2-3-13-14(7-11)18-5-4-17-13/h2-5,7,10,12H,6,8-9,16H2,1H3. The van der Waals surface area contributed by atoms with Gasteiger partial charge < -0.3 is 10.6 Å². The van der Waals surface area contributed by atoms with E-state index in [9.17, 15) is 4.79 Å². The molecular formula is C15H18N4O. The topological polar surface area (TPSA) is 72.1 Å². The van der Waals surface area contributed by atoms with Crippen LogP contribution >= 0.6 is 0 Å². The van der Waals surface area contributed by atoms with Gasteiger partial charge in [-0.1, -0.05) is 6.92 Å². The SMILES string of the molecule is CC1CC(N)CN(C(=O)c2ccc3nccnc3c2)C1. The maximum Gasteiger partial charge on any atom is 0.253 e. The minimum atomic E-state index is 0.0274. The molecule has 2 aromatic rings. The van der Waals surface area contributed by atoms with Crippen molar-refractivity contribution in [3.8, 4) is 0 Å². The molecule has 1 aliphatic heterocycles. The normalized spacial score (nSPS) is 23.0. The van der Waals surface area contributed by atoms with Crippen molar-refractivity contribution in [1.29, 1.82) is 0 Å². The van der Waals surface area contributed by atoms with E-state index in [-0.39, 0.29) is 11.9 Å². The predicted octanol–water partition coefficient (Wildman–Crippen LogP) is 1.44. The highest BCUT2D eigenvalue weighted by molar-refractivity contribution is 5.97. The number of hydrogen-bond donors (Lipinski definition) is 1. The molecule has 2 heterocycles. The first-order valence-electron chi connectivity index (χ1n) is 6.89. The van der Waals surface area contributed by atoms with Crippen molar-refractivity contribution in [2.75, 3.05) is 13.1 Å². The van der Waals surface area contributed by atoms with Gasteiger partial charge in [-0.3, -0.25) is 14.8 Å². The molecule has 1 saturated heterocycles. The van der Waals surface area contributed by atoms with Gasteiger partial charge >= 0.3 is 0 Å². The highest BCUT2D eigenvalue weighted by Crippen LogP contribution is 2.19. The van der Waals surface area contributed by atoms with Crippen LogP contribution in [0.2, 0.25) is 0 Å². The van der Waals surface area contributed by atoms with Crippen molar-refractivity contribution in [1.82, 2.24) is 14.9 Å². The van der Waals surface area contributed by atoms with Crippen molar-refractivity contribution < 1.29 is 4.79 Å². The molecule has 2 unspecified atom stereocenters. The molecule has 2 atom stereocenters. The minimum Gasteiger partial charge on any atom is -0.337 e. The summed E-state index contributed by atoms with van der Waals surface area (Å²) in [5.41, 5.74) is 8.20. The molecule has 3 rings (SSSR count). The molecule has 0 spiro atoms. The molecule has 2 N–H and O–H groups in total. The average Bonchev–Trinajstić information content (AvgIpc) is 2.45. The van der Waals surface area contributed by atoms with E-state index < -0.39 is 0 Å². The Morgan fingerprint density at radius 1 is 1.25 bits per heavy atom. The zero-order valence-electron chi connectivity index (χ0n) is 11.5. The number of benzene rings is 1. The second-order valence-electron chi connectivity index (χ2n) is 5.57. The van der Waals surface area contributed by atoms with E-state index >= 15 is 0 Å². The largest absolute Gasteiger partial charge is 0.337 e. The van der Waals surface area contributed by atoms with E-state index in [1.165, 1.54) is 0 Å². The number of rotatable bonds is 1. The number of aromatic nitrogens is 2. The average molecular weight is 270 g/mol. The predicted molar refractivity (Wildman–Crippen MR) is 77.2 cm³/mol. The lowest BCUT2D eigenvalue weighted by Crippen LogP contribution is -2.48. The second-order valence-corrected chi connectivity index (χ2v) is 5.57. The summed E-state index contributed by atoms with van der Waals surface area (Å²) in [7, 11) is 0. The van der Waals surface area contributed by atoms with Crippen LogP contribution in [0.3, 0.4) is 0 Å². The summed E-state index contributed by atoms with van der Waals surface area (Å²) in [6, 6.07) is 5.52. The van der Waals surface area contributed by atoms with Gasteiger partial charge in [-0.25, -0.2) is 0 Å². The van der Waals surface area contributed by atoms with Crippen LogP contribution in [0.15, 0.2) is 30.6 Å². The maximum atomic E-state index is 12.6. The summed E-state index contributed by atoms with van der Waals surface area (Å²) in [4.78, 5) is 22.9. The molecular weight excluding hydrogens is 252 g/mol. The Hall–Kier alpha value is -2.01. The molecule has 0 saturated carbocycles. The number of piperidine rings is 1. The maximum absolute atomic E-state index is 12.6. The summed E-state index contributed by atoms with van der Waals surface area (Å²) < 4.78 is 0. The van der Waals surface area contributed by atoms with E-state index in [0.29, 0.717) is 18.0 Å². The number of carbonyl (C=O) groups excluding carboxylic acids is 1. The number of fused-ring (bicyclic) bond motifs is 1. The van der Waals surface area contributed by atoms with Gasteiger partial charge in [0.15, 0.2) is 0 Å². The number of hydrogen-bond acceptors (Lipinski definition) is 4. The van der Waals surface area contributed by atoms with Crippen molar-refractivity contribution >= 4 is 16.9 Å². The number of amides is 1. The third kappa shape index (κ3) is 2.49. The van der Waals surface area contributed by atoms with Crippen LogP contribution in [0.5, 0.6) is 0 Å². The van der Waals surface area contributed by atoms with Crippen LogP contribution < -0.4 is 5.73 Å². The van der Waals surface area contributed by atoms with Gasteiger partial charge in [0.05, 0.1) is 11.0 Å². The zero-order chi connectivity index (χ0) is 14.1. The third-order valence-corrected chi connectivity index (χ3v) is 3.70. The first-order chi connectivity index (χ1) is 9.63. The summed E-state index contributed by atoms with van der Waals surface area (Å²) in [6.07, 6.45) is 4.26. The fourth-order valence-electron chi connectivity index (χ4n) is 2.84. The lowest BCUT2D eigenvalue weighted by atomic mass is 9.96. The van der Waals surface area contributed by atoms with Gasteiger partial charge in [0, 0.05) is 37.1 Å². The van der Waals surface area contributed by atoms with Gasteiger partial charge in [-0.2, -0.15) is 0 Å². The molecule has 0 radical (unpaired) electrons. The van der Waals surface area contributed by atoms with E-state index in [1.54, 1.807) is 18.5 Å². The Labute approximate surface area is 117 Å². The highest BCUT2D eigenvalue weighted by atomic mass is 16.2. The Bertz CT molecular complexity index is 633. The highest BCUT2D eigenvalue weighted by Gasteiger charge is 2.26. The first-order valence-corrected chi connectivity index (χ1v) is 6.89. The molecule has 1 fully saturated rings. The molecule has 5 nitrogen and oxygen atoms in total. The first kappa shape index (κ1) is 13.0. The molecule has 1 aromatic heterocycles. The zero-order valence-corrected chi connectivity index (χ0v) is 11.5. The Morgan fingerprint density at radius 2 is 2.00 bits per heavy atom. The van der Waals surface area contributed by atoms with Gasteiger partial charge in [-0.05, 0) is 30.5 Å². The molecule has 1 aliphatic rings. The molecule has 1 aromatic carbocycles. The van der Waals surface area contributed by atoms with Crippen LogP contribution in [0.1, 0.15) is 23.7 Å². The fraction of sp³-hybridized carbons (Fsp3) is 0.400. The van der Waals surface area contributed by atoms with Crippen LogP contribution in [0.4, 0.5) is 0 Å². The van der Waals surface area contributed by atoms with E-state index in [4.69, 9.17) is 5.73 Å². The lowest BCUT2D eigenvalue weighted by Gasteiger charge is -2.34. The monoisotopic (exact) mass is 270 g/mol. The van der Waals surface area contributed by atoms with Crippen LogP contribution in [0, 0.1) is 5.92 Å². The summed E-state index contributed by atoms with van der Waals surface area (Å²) in [5, 5.41) is 0. The van der Waals surface area contributed by atoms with E-state index in [0.717, 1.165) is 24.0 Å². The third-order valence-electron chi connectivity index (χ3n) is 3.70.